The highest BCUT2D eigenvalue weighted by atomic mass is 16.5. The monoisotopic (exact) mass is 293 g/mol. The molecule has 1 saturated carbocycles. The molecule has 7 heteroatoms. The molecule has 3 N–H and O–H groups in total. The molecule has 7 nitrogen and oxygen atoms in total. The summed E-state index contributed by atoms with van der Waals surface area (Å²) in [7, 11) is 0. The molecule has 1 saturated heterocycles. The number of nitrogens with zero attached hydrogens (tertiary/aromatic N) is 3. The highest BCUT2D eigenvalue weighted by Gasteiger charge is 2.29. The zero-order valence-electron chi connectivity index (χ0n) is 12.3. The van der Waals surface area contributed by atoms with E-state index in [1.807, 2.05) is 4.90 Å². The molecule has 21 heavy (non-hydrogen) atoms. The van der Waals surface area contributed by atoms with Crippen LogP contribution in [0.3, 0.4) is 0 Å². The van der Waals surface area contributed by atoms with E-state index in [0.717, 1.165) is 44.7 Å². The Kier molecular flexibility index (Phi) is 4.38. The van der Waals surface area contributed by atoms with Gasteiger partial charge in [-0.15, -0.1) is 0 Å². The zero-order chi connectivity index (χ0) is 14.7. The molecule has 0 unspecified atom stereocenters. The number of likely N-dealkylation sites (tertiary alicyclic amines) is 1. The summed E-state index contributed by atoms with van der Waals surface area (Å²) in [5, 5.41) is 6.87. The van der Waals surface area contributed by atoms with Crippen LogP contribution in [0.25, 0.3) is 0 Å². The predicted octanol–water partition coefficient (Wildman–Crippen LogP) is 0.870. The fourth-order valence-corrected chi connectivity index (χ4v) is 2.70. The molecule has 0 bridgehead atoms. The first kappa shape index (κ1) is 14.3. The third-order valence-corrected chi connectivity index (χ3v) is 4.17. The fraction of sp³-hybridized carbons (Fsp3) is 0.786. The molecule has 2 fully saturated rings. The summed E-state index contributed by atoms with van der Waals surface area (Å²) < 4.78 is 5.19. The first-order valence-electron chi connectivity index (χ1n) is 7.81. The van der Waals surface area contributed by atoms with Crippen LogP contribution in [0.15, 0.2) is 4.52 Å². The minimum Gasteiger partial charge on any atom is -0.339 e. The zero-order valence-corrected chi connectivity index (χ0v) is 12.3. The average Bonchev–Trinajstić information content (AvgIpc) is 3.27. The molecule has 1 aliphatic heterocycles. The normalized spacial score (nSPS) is 22.3. The van der Waals surface area contributed by atoms with Crippen LogP contribution in [-0.4, -0.2) is 47.3 Å². The molecule has 2 amide bonds. The summed E-state index contributed by atoms with van der Waals surface area (Å²) in [5.41, 5.74) is 5.69. The molecule has 0 aromatic carbocycles. The van der Waals surface area contributed by atoms with E-state index >= 15 is 0 Å². The van der Waals surface area contributed by atoms with Crippen molar-refractivity contribution in [2.24, 2.45) is 11.7 Å². The summed E-state index contributed by atoms with van der Waals surface area (Å²) in [6.45, 7) is 2.76. The fourth-order valence-electron chi connectivity index (χ4n) is 2.70. The van der Waals surface area contributed by atoms with Crippen molar-refractivity contribution >= 4 is 6.03 Å². The van der Waals surface area contributed by atoms with Crippen molar-refractivity contribution < 1.29 is 9.32 Å². The van der Waals surface area contributed by atoms with E-state index in [2.05, 4.69) is 15.5 Å². The smallest absolute Gasteiger partial charge is 0.317 e. The Morgan fingerprint density at radius 1 is 1.43 bits per heavy atom. The highest BCUT2D eigenvalue weighted by Crippen LogP contribution is 2.38. The number of amides is 2. The summed E-state index contributed by atoms with van der Waals surface area (Å²) >= 11 is 0. The third kappa shape index (κ3) is 3.72. The van der Waals surface area contributed by atoms with Crippen LogP contribution in [0.4, 0.5) is 4.79 Å². The second kappa shape index (κ2) is 6.43. The topological polar surface area (TPSA) is 97.3 Å². The van der Waals surface area contributed by atoms with Gasteiger partial charge in [-0.05, 0) is 38.1 Å². The molecule has 1 aliphatic carbocycles. The van der Waals surface area contributed by atoms with Crippen LogP contribution in [-0.2, 0) is 6.42 Å². The summed E-state index contributed by atoms with van der Waals surface area (Å²) in [5.74, 6) is 2.33. The molecule has 1 aromatic rings. The van der Waals surface area contributed by atoms with Gasteiger partial charge in [0, 0.05) is 32.0 Å². The molecule has 0 radical (unpaired) electrons. The van der Waals surface area contributed by atoms with Gasteiger partial charge in [-0.25, -0.2) is 4.79 Å². The number of hydrogen-bond donors (Lipinski definition) is 2. The van der Waals surface area contributed by atoms with E-state index in [1.165, 1.54) is 0 Å². The Balaban J connectivity index is 1.40. The van der Waals surface area contributed by atoms with Crippen LogP contribution in [0.2, 0.25) is 0 Å². The molecule has 1 aromatic heterocycles. The maximum Gasteiger partial charge on any atom is 0.317 e. The number of rotatable bonds is 5. The molecule has 116 valence electrons. The van der Waals surface area contributed by atoms with Gasteiger partial charge >= 0.3 is 6.03 Å². The van der Waals surface area contributed by atoms with Gasteiger partial charge in [-0.3, -0.25) is 0 Å². The van der Waals surface area contributed by atoms with Gasteiger partial charge in [-0.2, -0.15) is 4.98 Å². The summed E-state index contributed by atoms with van der Waals surface area (Å²) in [6, 6.07) is -0.0148. The molecular weight excluding hydrogens is 270 g/mol. The third-order valence-electron chi connectivity index (χ3n) is 4.17. The molecule has 1 atom stereocenters. The maximum absolute atomic E-state index is 12.1. The number of piperidine rings is 1. The van der Waals surface area contributed by atoms with E-state index in [-0.39, 0.29) is 6.03 Å². The summed E-state index contributed by atoms with van der Waals surface area (Å²) in [6.07, 6.45) is 5.05. The largest absolute Gasteiger partial charge is 0.339 e. The van der Waals surface area contributed by atoms with Crippen molar-refractivity contribution in [2.45, 2.75) is 38.0 Å². The lowest BCUT2D eigenvalue weighted by molar-refractivity contribution is 0.167. The standard InChI is InChI=1S/C14H23N5O2/c15-8-10-2-1-7-19(9-10)14(20)16-6-5-12-17-13(21-18-12)11-3-4-11/h10-11H,1-9,15H2,(H,16,20)/t10-/m1/s1. The Labute approximate surface area is 124 Å². The molecule has 2 aliphatic rings. The second-order valence-corrected chi connectivity index (χ2v) is 6.00. The predicted molar refractivity (Wildman–Crippen MR) is 76.7 cm³/mol. The molecule has 2 heterocycles. The van der Waals surface area contributed by atoms with Gasteiger partial charge in [0.1, 0.15) is 0 Å². The Hall–Kier alpha value is -1.63. The van der Waals surface area contributed by atoms with Gasteiger partial charge in [0.2, 0.25) is 5.89 Å². The maximum atomic E-state index is 12.1. The van der Waals surface area contributed by atoms with Crippen molar-refractivity contribution in [1.29, 1.82) is 0 Å². The minimum atomic E-state index is -0.0148. The van der Waals surface area contributed by atoms with Crippen molar-refractivity contribution in [3.63, 3.8) is 0 Å². The van der Waals surface area contributed by atoms with Crippen LogP contribution >= 0.6 is 0 Å². The van der Waals surface area contributed by atoms with Crippen molar-refractivity contribution in [3.8, 4) is 0 Å². The van der Waals surface area contributed by atoms with Crippen molar-refractivity contribution in [1.82, 2.24) is 20.4 Å². The van der Waals surface area contributed by atoms with Crippen LogP contribution < -0.4 is 11.1 Å². The van der Waals surface area contributed by atoms with Gasteiger partial charge < -0.3 is 20.5 Å². The SMILES string of the molecule is NC[C@H]1CCCN(C(=O)NCCc2noc(C3CC3)n2)C1. The van der Waals surface area contributed by atoms with Crippen LogP contribution in [0.1, 0.15) is 43.3 Å². The van der Waals surface area contributed by atoms with E-state index in [1.54, 1.807) is 0 Å². The van der Waals surface area contributed by atoms with Gasteiger partial charge in [-0.1, -0.05) is 5.16 Å². The van der Waals surface area contributed by atoms with Crippen molar-refractivity contribution in [2.75, 3.05) is 26.2 Å². The lowest BCUT2D eigenvalue weighted by Crippen LogP contribution is -2.47. The van der Waals surface area contributed by atoms with E-state index in [4.69, 9.17) is 10.3 Å². The van der Waals surface area contributed by atoms with Crippen LogP contribution in [0.5, 0.6) is 0 Å². The van der Waals surface area contributed by atoms with E-state index in [0.29, 0.717) is 37.2 Å². The van der Waals surface area contributed by atoms with Gasteiger partial charge in [0.15, 0.2) is 5.82 Å². The number of aromatic nitrogens is 2. The molecule has 3 rings (SSSR count). The van der Waals surface area contributed by atoms with Crippen molar-refractivity contribution in [3.05, 3.63) is 11.7 Å². The second-order valence-electron chi connectivity index (χ2n) is 6.00. The number of carbonyl (C=O) groups is 1. The van der Waals surface area contributed by atoms with Gasteiger partial charge in [0.05, 0.1) is 0 Å². The number of carbonyl (C=O) groups excluding carboxylic acids is 1. The Bertz CT molecular complexity index is 485. The van der Waals surface area contributed by atoms with Crippen LogP contribution in [0, 0.1) is 5.92 Å². The molecule has 0 spiro atoms. The van der Waals surface area contributed by atoms with Gasteiger partial charge in [0.25, 0.3) is 0 Å². The average molecular weight is 293 g/mol. The summed E-state index contributed by atoms with van der Waals surface area (Å²) in [4.78, 5) is 18.3. The number of hydrogen-bond acceptors (Lipinski definition) is 5. The van der Waals surface area contributed by atoms with E-state index < -0.39 is 0 Å². The lowest BCUT2D eigenvalue weighted by Gasteiger charge is -2.32. The quantitative estimate of drug-likeness (QED) is 0.839. The Morgan fingerprint density at radius 3 is 3.05 bits per heavy atom. The molecular formula is C14H23N5O2. The minimum absolute atomic E-state index is 0.0148. The highest BCUT2D eigenvalue weighted by molar-refractivity contribution is 5.74. The lowest BCUT2D eigenvalue weighted by atomic mass is 9.99. The first-order chi connectivity index (χ1) is 10.3. The Morgan fingerprint density at radius 2 is 2.29 bits per heavy atom. The first-order valence-corrected chi connectivity index (χ1v) is 7.81. The van der Waals surface area contributed by atoms with E-state index in [9.17, 15) is 4.79 Å². The number of urea groups is 1. The number of nitrogens with one attached hydrogen (secondary N) is 1. The number of nitrogens with two attached hydrogens (primary N) is 1.